The number of rotatable bonds is 2. The average Bonchev–Trinajstić information content (AvgIpc) is 3.05. The topological polar surface area (TPSA) is 98.5 Å². The van der Waals surface area contributed by atoms with Crippen LogP contribution in [-0.4, -0.2) is 20.1 Å². The summed E-state index contributed by atoms with van der Waals surface area (Å²) in [7, 11) is 0. The fourth-order valence-corrected chi connectivity index (χ4v) is 2.04. The van der Waals surface area contributed by atoms with E-state index in [4.69, 9.17) is 10.5 Å². The van der Waals surface area contributed by atoms with Gasteiger partial charge < -0.3 is 5.11 Å². The monoisotopic (exact) mass is 287 g/mol. The van der Waals surface area contributed by atoms with Crippen LogP contribution in [0.3, 0.4) is 0 Å². The summed E-state index contributed by atoms with van der Waals surface area (Å²) in [5, 5.41) is 35.8. The summed E-state index contributed by atoms with van der Waals surface area (Å²) in [5.74, 6) is 0.00113. The second-order valence-corrected chi connectivity index (χ2v) is 4.56. The number of nitrogens with zero attached hydrogens (tertiary/aromatic N) is 5. The van der Waals surface area contributed by atoms with E-state index in [2.05, 4.69) is 16.4 Å². The van der Waals surface area contributed by atoms with Crippen LogP contribution < -0.4 is 0 Å². The molecule has 1 heterocycles. The Morgan fingerprint density at radius 2 is 1.77 bits per heavy atom. The van der Waals surface area contributed by atoms with Gasteiger partial charge in [-0.25, -0.2) is 4.68 Å². The molecule has 0 spiro atoms. The van der Waals surface area contributed by atoms with Crippen molar-refractivity contribution >= 4 is 0 Å². The van der Waals surface area contributed by atoms with E-state index in [1.165, 1.54) is 22.9 Å². The molecule has 0 atom stereocenters. The first kappa shape index (κ1) is 13.3. The summed E-state index contributed by atoms with van der Waals surface area (Å²) in [6, 6.07) is 15.6. The molecule has 1 N–H and O–H groups in total. The highest BCUT2D eigenvalue weighted by Crippen LogP contribution is 2.24. The fraction of sp³-hybridized carbons (Fsp3) is 0. The van der Waals surface area contributed by atoms with Crippen molar-refractivity contribution in [1.82, 2.24) is 15.0 Å². The van der Waals surface area contributed by atoms with Crippen LogP contribution in [0.2, 0.25) is 0 Å². The molecule has 0 amide bonds. The number of aromatic hydroxyl groups is 1. The first-order valence-corrected chi connectivity index (χ1v) is 6.37. The third kappa shape index (κ3) is 2.37. The summed E-state index contributed by atoms with van der Waals surface area (Å²) in [6.45, 7) is 0. The molecule has 0 aliphatic heterocycles. The minimum atomic E-state index is 0.00113. The van der Waals surface area contributed by atoms with Crippen molar-refractivity contribution in [2.24, 2.45) is 0 Å². The Morgan fingerprint density at radius 1 is 1.00 bits per heavy atom. The van der Waals surface area contributed by atoms with Crippen LogP contribution in [0.15, 0.2) is 48.7 Å². The van der Waals surface area contributed by atoms with Gasteiger partial charge in [0.2, 0.25) is 0 Å². The molecule has 1 aromatic heterocycles. The number of hydrogen-bond acceptors (Lipinski definition) is 5. The van der Waals surface area contributed by atoms with E-state index in [-0.39, 0.29) is 5.75 Å². The average molecular weight is 287 g/mol. The van der Waals surface area contributed by atoms with Gasteiger partial charge in [-0.3, -0.25) is 0 Å². The Kier molecular flexibility index (Phi) is 3.27. The van der Waals surface area contributed by atoms with Gasteiger partial charge in [-0.2, -0.15) is 10.5 Å². The van der Waals surface area contributed by atoms with Crippen LogP contribution in [0.25, 0.3) is 16.9 Å². The lowest BCUT2D eigenvalue weighted by Crippen LogP contribution is -1.96. The highest BCUT2D eigenvalue weighted by atomic mass is 16.3. The maximum atomic E-state index is 9.90. The lowest BCUT2D eigenvalue weighted by Gasteiger charge is -2.03. The largest absolute Gasteiger partial charge is 0.506 e. The van der Waals surface area contributed by atoms with Gasteiger partial charge in [0, 0.05) is 5.56 Å². The second-order valence-electron chi connectivity index (χ2n) is 4.56. The smallest absolute Gasteiger partial charge is 0.141 e. The summed E-state index contributed by atoms with van der Waals surface area (Å²) in [6.07, 6.45) is 1.63. The van der Waals surface area contributed by atoms with Gasteiger partial charge in [0.25, 0.3) is 0 Å². The predicted octanol–water partition coefficient (Wildman–Crippen LogP) is 2.38. The van der Waals surface area contributed by atoms with Gasteiger partial charge in [0.1, 0.15) is 17.1 Å². The zero-order valence-electron chi connectivity index (χ0n) is 11.3. The molecule has 6 heteroatoms. The van der Waals surface area contributed by atoms with Crippen LogP contribution in [0.1, 0.15) is 11.1 Å². The van der Waals surface area contributed by atoms with E-state index >= 15 is 0 Å². The minimum absolute atomic E-state index is 0.00113. The Morgan fingerprint density at radius 3 is 2.55 bits per heavy atom. The van der Waals surface area contributed by atoms with Crippen LogP contribution in [0.5, 0.6) is 5.75 Å². The Balaban J connectivity index is 2.04. The van der Waals surface area contributed by atoms with Crippen molar-refractivity contribution in [3.8, 4) is 34.8 Å². The second kappa shape index (κ2) is 5.39. The third-order valence-corrected chi connectivity index (χ3v) is 3.13. The van der Waals surface area contributed by atoms with Gasteiger partial charge in [-0.15, -0.1) is 5.10 Å². The fourth-order valence-electron chi connectivity index (χ4n) is 2.04. The maximum absolute atomic E-state index is 9.90. The number of benzene rings is 2. The number of phenolic OH excluding ortho intramolecular Hbond substituents is 1. The predicted molar refractivity (Wildman–Crippen MR) is 77.9 cm³/mol. The summed E-state index contributed by atoms with van der Waals surface area (Å²) in [4.78, 5) is 0. The SMILES string of the molecule is N#Cc1cccc(-c2cn(-c3cc(C#N)ccc3O)nn2)c1. The molecule has 0 aliphatic carbocycles. The standard InChI is InChI=1S/C16H9N5O/c17-8-11-2-1-3-13(6-11)14-10-21(20-19-14)15-7-12(9-18)4-5-16(15)22/h1-7,10,22H. The van der Waals surface area contributed by atoms with Crippen molar-refractivity contribution in [2.75, 3.05) is 0 Å². The number of aromatic nitrogens is 3. The molecule has 6 nitrogen and oxygen atoms in total. The van der Waals surface area contributed by atoms with Crippen molar-refractivity contribution in [3.63, 3.8) is 0 Å². The Labute approximate surface area is 126 Å². The molecule has 0 unspecified atom stereocenters. The summed E-state index contributed by atoms with van der Waals surface area (Å²) < 4.78 is 1.39. The van der Waals surface area contributed by atoms with Gasteiger partial charge in [0.05, 0.1) is 29.5 Å². The van der Waals surface area contributed by atoms with E-state index in [0.717, 1.165) is 5.56 Å². The van der Waals surface area contributed by atoms with Crippen molar-refractivity contribution in [3.05, 3.63) is 59.8 Å². The molecule has 0 aliphatic rings. The van der Waals surface area contributed by atoms with Crippen LogP contribution in [-0.2, 0) is 0 Å². The Hall–Kier alpha value is -3.64. The van der Waals surface area contributed by atoms with E-state index in [9.17, 15) is 5.11 Å². The molecule has 0 saturated carbocycles. The van der Waals surface area contributed by atoms with Gasteiger partial charge in [-0.05, 0) is 30.3 Å². The minimum Gasteiger partial charge on any atom is -0.506 e. The van der Waals surface area contributed by atoms with Crippen molar-refractivity contribution in [2.45, 2.75) is 0 Å². The van der Waals surface area contributed by atoms with Crippen molar-refractivity contribution in [1.29, 1.82) is 10.5 Å². The molecule has 0 fully saturated rings. The first-order valence-electron chi connectivity index (χ1n) is 6.37. The molecule has 3 aromatic rings. The molecule has 0 bridgehead atoms. The van der Waals surface area contributed by atoms with E-state index in [1.807, 2.05) is 12.1 Å². The van der Waals surface area contributed by atoms with Gasteiger partial charge in [0.15, 0.2) is 0 Å². The van der Waals surface area contributed by atoms with Crippen LogP contribution >= 0.6 is 0 Å². The summed E-state index contributed by atoms with van der Waals surface area (Å²) in [5.41, 5.74) is 2.63. The van der Waals surface area contributed by atoms with Crippen molar-refractivity contribution < 1.29 is 5.11 Å². The highest BCUT2D eigenvalue weighted by Gasteiger charge is 2.10. The molecular weight excluding hydrogens is 278 g/mol. The zero-order chi connectivity index (χ0) is 15.5. The van der Waals surface area contributed by atoms with Gasteiger partial charge >= 0.3 is 0 Å². The van der Waals surface area contributed by atoms with Crippen LogP contribution in [0.4, 0.5) is 0 Å². The molecule has 3 rings (SSSR count). The third-order valence-electron chi connectivity index (χ3n) is 3.13. The van der Waals surface area contributed by atoms with E-state index < -0.39 is 0 Å². The number of phenols is 1. The zero-order valence-corrected chi connectivity index (χ0v) is 11.3. The Bertz CT molecular complexity index is 930. The van der Waals surface area contributed by atoms with E-state index in [1.54, 1.807) is 24.4 Å². The molecule has 22 heavy (non-hydrogen) atoms. The normalized spacial score (nSPS) is 9.91. The maximum Gasteiger partial charge on any atom is 0.141 e. The van der Waals surface area contributed by atoms with Crippen LogP contribution in [0, 0.1) is 22.7 Å². The first-order chi connectivity index (χ1) is 10.7. The number of hydrogen-bond donors (Lipinski definition) is 1. The molecule has 104 valence electrons. The lowest BCUT2D eigenvalue weighted by molar-refractivity contribution is 0.469. The highest BCUT2D eigenvalue weighted by molar-refractivity contribution is 5.61. The molecule has 2 aromatic carbocycles. The molecular formula is C16H9N5O. The summed E-state index contributed by atoms with van der Waals surface area (Å²) >= 11 is 0. The lowest BCUT2D eigenvalue weighted by atomic mass is 10.1. The van der Waals surface area contributed by atoms with E-state index in [0.29, 0.717) is 22.5 Å². The number of nitriles is 2. The molecule has 0 radical (unpaired) electrons. The molecule has 0 saturated heterocycles. The van der Waals surface area contributed by atoms with Gasteiger partial charge in [-0.1, -0.05) is 17.3 Å². The quantitative estimate of drug-likeness (QED) is 0.780.